The van der Waals surface area contributed by atoms with E-state index in [0.717, 1.165) is 6.07 Å². The van der Waals surface area contributed by atoms with Gasteiger partial charge in [-0.15, -0.1) is 0 Å². The van der Waals surface area contributed by atoms with Gasteiger partial charge in [-0.25, -0.2) is 13.2 Å². The molecule has 0 aliphatic heterocycles. The van der Waals surface area contributed by atoms with Crippen LogP contribution in [0.15, 0.2) is 76.1 Å². The number of hydrogen-bond acceptors (Lipinski definition) is 6. The van der Waals surface area contributed by atoms with E-state index in [1.165, 1.54) is 22.5 Å². The summed E-state index contributed by atoms with van der Waals surface area (Å²) in [5.74, 6) is -0.0434. The Balaban J connectivity index is 1.59. The number of aromatic carboxylic acids is 1. The molecule has 0 aliphatic carbocycles. The van der Waals surface area contributed by atoms with Gasteiger partial charge in [0.2, 0.25) is 0 Å². The summed E-state index contributed by atoms with van der Waals surface area (Å²) in [6.45, 7) is 5.90. The molecule has 11 heteroatoms. The van der Waals surface area contributed by atoms with Gasteiger partial charge >= 0.3 is 5.97 Å². The molecule has 8 nitrogen and oxygen atoms in total. The predicted molar refractivity (Wildman–Crippen MR) is 150 cm³/mol. The van der Waals surface area contributed by atoms with Crippen molar-refractivity contribution in [2.75, 3.05) is 10.8 Å². The Hall–Kier alpha value is -3.53. The molecule has 0 saturated heterocycles. The number of benzene rings is 3. The minimum absolute atomic E-state index is 0.0245. The Kier molecular flexibility index (Phi) is 8.54. The lowest BCUT2D eigenvalue weighted by Gasteiger charge is -2.23. The first-order valence-electron chi connectivity index (χ1n) is 12.1. The second kappa shape index (κ2) is 11.7. The third kappa shape index (κ3) is 5.90. The van der Waals surface area contributed by atoms with Crippen LogP contribution in [0.4, 0.5) is 5.69 Å². The lowest BCUT2D eigenvalue weighted by atomic mass is 10.0. The number of ether oxygens (including phenoxy) is 1. The van der Waals surface area contributed by atoms with E-state index in [-0.39, 0.29) is 29.5 Å². The van der Waals surface area contributed by atoms with Crippen LogP contribution in [-0.2, 0) is 16.6 Å². The number of rotatable bonds is 10. The molecular weight excluding hydrogens is 563 g/mol. The van der Waals surface area contributed by atoms with Crippen LogP contribution in [0.2, 0.25) is 10.0 Å². The number of aromatic nitrogens is 1. The van der Waals surface area contributed by atoms with Crippen LogP contribution in [0.5, 0.6) is 5.75 Å². The molecule has 3 aromatic carbocycles. The molecule has 0 fully saturated rings. The normalized spacial score (nSPS) is 11.5. The SMILES string of the molecule is CCN(c1ccc(OCc2c(-c3c(Cl)cccc3Cl)noc2C(C)C)cc1)S(=O)(=O)c1cccc(C(=O)O)c1. The number of halogens is 2. The smallest absolute Gasteiger partial charge is 0.335 e. The van der Waals surface area contributed by atoms with Gasteiger partial charge < -0.3 is 14.4 Å². The van der Waals surface area contributed by atoms with Gasteiger partial charge in [-0.3, -0.25) is 4.31 Å². The Labute approximate surface area is 236 Å². The minimum atomic E-state index is -4.00. The summed E-state index contributed by atoms with van der Waals surface area (Å²) in [7, 11) is -4.00. The summed E-state index contributed by atoms with van der Waals surface area (Å²) in [5, 5.41) is 14.4. The molecule has 0 spiro atoms. The van der Waals surface area contributed by atoms with Crippen molar-refractivity contribution in [3.63, 3.8) is 0 Å². The highest BCUT2D eigenvalue weighted by atomic mass is 35.5. The van der Waals surface area contributed by atoms with Crippen LogP contribution < -0.4 is 9.04 Å². The van der Waals surface area contributed by atoms with Gasteiger partial charge in [0.05, 0.1) is 31.8 Å². The van der Waals surface area contributed by atoms with Crippen molar-refractivity contribution in [1.82, 2.24) is 5.16 Å². The maximum atomic E-state index is 13.3. The summed E-state index contributed by atoms with van der Waals surface area (Å²) in [5.41, 5.74) is 2.06. The minimum Gasteiger partial charge on any atom is -0.489 e. The molecule has 4 aromatic rings. The molecule has 1 heterocycles. The molecule has 4 rings (SSSR count). The Morgan fingerprint density at radius 1 is 1.05 bits per heavy atom. The van der Waals surface area contributed by atoms with Crippen LogP contribution in [0.1, 0.15) is 48.4 Å². The van der Waals surface area contributed by atoms with E-state index in [0.29, 0.717) is 44.1 Å². The first-order chi connectivity index (χ1) is 18.5. The van der Waals surface area contributed by atoms with Gasteiger partial charge in [0.15, 0.2) is 0 Å². The average Bonchev–Trinajstić information content (AvgIpc) is 3.32. The van der Waals surface area contributed by atoms with Crippen molar-refractivity contribution in [2.24, 2.45) is 0 Å². The molecule has 0 saturated carbocycles. The van der Waals surface area contributed by atoms with Crippen molar-refractivity contribution in [3.05, 3.63) is 93.7 Å². The standard InChI is InChI=1S/C28H26Cl2N2O6S/c1-4-32(39(35,36)21-8-5-7-18(15-21)28(33)34)19-11-13-20(14-12-19)37-16-22-26(31-38-27(22)17(2)3)25-23(29)9-6-10-24(25)30/h5-15,17H,4,16H2,1-3H3,(H,33,34). The second-order valence-electron chi connectivity index (χ2n) is 8.91. The van der Waals surface area contributed by atoms with Gasteiger partial charge in [-0.1, -0.05) is 54.3 Å². The van der Waals surface area contributed by atoms with E-state index in [2.05, 4.69) is 5.16 Å². The van der Waals surface area contributed by atoms with Crippen molar-refractivity contribution in [2.45, 2.75) is 38.2 Å². The summed E-state index contributed by atoms with van der Waals surface area (Å²) in [4.78, 5) is 11.2. The highest BCUT2D eigenvalue weighted by Gasteiger charge is 2.26. The van der Waals surface area contributed by atoms with Gasteiger partial charge in [0, 0.05) is 18.0 Å². The van der Waals surface area contributed by atoms with Gasteiger partial charge in [-0.2, -0.15) is 0 Å². The Bertz CT molecular complexity index is 1580. The molecule has 0 radical (unpaired) electrons. The van der Waals surface area contributed by atoms with Crippen LogP contribution in [0.25, 0.3) is 11.3 Å². The van der Waals surface area contributed by atoms with Crippen molar-refractivity contribution in [1.29, 1.82) is 0 Å². The highest BCUT2D eigenvalue weighted by Crippen LogP contribution is 2.39. The molecular formula is C28H26Cl2N2O6S. The topological polar surface area (TPSA) is 110 Å². The molecule has 0 aliphatic rings. The van der Waals surface area contributed by atoms with Crippen molar-refractivity contribution >= 4 is 44.9 Å². The van der Waals surface area contributed by atoms with Crippen molar-refractivity contribution < 1.29 is 27.6 Å². The van der Waals surface area contributed by atoms with Crippen LogP contribution in [0.3, 0.4) is 0 Å². The van der Waals surface area contributed by atoms with Crippen molar-refractivity contribution in [3.8, 4) is 17.0 Å². The average molecular weight is 589 g/mol. The summed E-state index contributed by atoms with van der Waals surface area (Å²) in [6.07, 6.45) is 0. The number of anilines is 1. The third-order valence-electron chi connectivity index (χ3n) is 6.01. The number of carbonyl (C=O) groups is 1. The number of carboxylic acid groups (broad SMARTS) is 1. The number of hydrogen-bond donors (Lipinski definition) is 1. The monoisotopic (exact) mass is 588 g/mol. The Morgan fingerprint density at radius 2 is 1.69 bits per heavy atom. The molecule has 1 aromatic heterocycles. The fraction of sp³-hybridized carbons (Fsp3) is 0.214. The summed E-state index contributed by atoms with van der Waals surface area (Å²) >= 11 is 12.8. The molecule has 204 valence electrons. The fourth-order valence-electron chi connectivity index (χ4n) is 4.11. The zero-order valence-corrected chi connectivity index (χ0v) is 23.7. The van der Waals surface area contributed by atoms with E-state index in [4.69, 9.17) is 32.5 Å². The van der Waals surface area contributed by atoms with Gasteiger partial charge in [-0.05, 0) is 61.5 Å². The zero-order valence-electron chi connectivity index (χ0n) is 21.4. The van der Waals surface area contributed by atoms with E-state index in [1.807, 2.05) is 13.8 Å². The molecule has 1 N–H and O–H groups in total. The molecule has 0 bridgehead atoms. The quantitative estimate of drug-likeness (QED) is 0.207. The highest BCUT2D eigenvalue weighted by molar-refractivity contribution is 7.92. The summed E-state index contributed by atoms with van der Waals surface area (Å²) < 4.78 is 39.5. The van der Waals surface area contributed by atoms with E-state index in [1.54, 1.807) is 49.4 Å². The fourth-order valence-corrected chi connectivity index (χ4v) is 6.20. The maximum absolute atomic E-state index is 13.3. The second-order valence-corrected chi connectivity index (χ2v) is 11.6. The number of sulfonamides is 1. The molecule has 0 unspecified atom stereocenters. The lowest BCUT2D eigenvalue weighted by Crippen LogP contribution is -2.30. The number of carboxylic acids is 1. The van der Waals surface area contributed by atoms with Gasteiger partial charge in [0.25, 0.3) is 10.0 Å². The van der Waals surface area contributed by atoms with Gasteiger partial charge in [0.1, 0.15) is 23.8 Å². The summed E-state index contributed by atoms with van der Waals surface area (Å²) in [6, 6.07) is 17.0. The van der Waals surface area contributed by atoms with E-state index >= 15 is 0 Å². The predicted octanol–water partition coefficient (Wildman–Crippen LogP) is 7.26. The first kappa shape index (κ1) is 28.5. The van der Waals surface area contributed by atoms with E-state index < -0.39 is 16.0 Å². The first-order valence-corrected chi connectivity index (χ1v) is 14.3. The molecule has 39 heavy (non-hydrogen) atoms. The number of nitrogens with zero attached hydrogens (tertiary/aromatic N) is 2. The lowest BCUT2D eigenvalue weighted by molar-refractivity contribution is 0.0696. The zero-order chi connectivity index (χ0) is 28.3. The Morgan fingerprint density at radius 3 is 2.28 bits per heavy atom. The largest absolute Gasteiger partial charge is 0.489 e. The molecule has 0 amide bonds. The van der Waals surface area contributed by atoms with E-state index in [9.17, 15) is 18.3 Å². The van der Waals surface area contributed by atoms with Crippen LogP contribution in [0, 0.1) is 0 Å². The molecule has 0 atom stereocenters. The van der Waals surface area contributed by atoms with Crippen LogP contribution >= 0.6 is 23.2 Å². The third-order valence-corrected chi connectivity index (χ3v) is 8.54. The van der Waals surface area contributed by atoms with Crippen LogP contribution in [-0.4, -0.2) is 31.2 Å². The maximum Gasteiger partial charge on any atom is 0.335 e.